The van der Waals surface area contributed by atoms with E-state index in [1.54, 1.807) is 14.0 Å². The van der Waals surface area contributed by atoms with Crippen LogP contribution in [-0.2, 0) is 9.59 Å². The van der Waals surface area contributed by atoms with E-state index in [4.69, 9.17) is 0 Å². The minimum absolute atomic E-state index is 0.114. The predicted octanol–water partition coefficient (Wildman–Crippen LogP) is 0.664. The van der Waals surface area contributed by atoms with Crippen molar-refractivity contribution in [2.45, 2.75) is 39.3 Å². The largest absolute Gasteiger partial charge is 0.345 e. The second-order valence-electron chi connectivity index (χ2n) is 4.08. The predicted molar refractivity (Wildman–Crippen MR) is 60.9 cm³/mol. The first-order valence-electron chi connectivity index (χ1n) is 5.54. The van der Waals surface area contributed by atoms with E-state index in [1.165, 1.54) is 0 Å². The van der Waals surface area contributed by atoms with Crippen molar-refractivity contribution in [1.82, 2.24) is 10.6 Å². The summed E-state index contributed by atoms with van der Waals surface area (Å²) in [6.45, 7) is 4.50. The Labute approximate surface area is 96.0 Å². The van der Waals surface area contributed by atoms with Gasteiger partial charge in [-0.3, -0.25) is 9.59 Å². The van der Waals surface area contributed by atoms with Gasteiger partial charge in [-0.15, -0.1) is 0 Å². The highest BCUT2D eigenvalue weighted by atomic mass is 19.1. The average Bonchev–Trinajstić information content (AvgIpc) is 2.25. The summed E-state index contributed by atoms with van der Waals surface area (Å²) in [5.74, 6) is -0.719. The van der Waals surface area contributed by atoms with Crippen molar-refractivity contribution in [3.63, 3.8) is 0 Å². The fourth-order valence-corrected chi connectivity index (χ4v) is 1.53. The molecule has 94 valence electrons. The fourth-order valence-electron chi connectivity index (χ4n) is 1.53. The molecule has 0 spiro atoms. The number of amides is 1. The summed E-state index contributed by atoms with van der Waals surface area (Å²) in [6.07, 6.45) is 0.406. The molecule has 5 heteroatoms. The maximum Gasteiger partial charge on any atom is 0.237 e. The number of carbonyl (C=O) groups is 2. The third-order valence-corrected chi connectivity index (χ3v) is 2.51. The van der Waals surface area contributed by atoms with Crippen LogP contribution in [0.15, 0.2) is 0 Å². The molecular weight excluding hydrogens is 211 g/mol. The number of nitrogens with one attached hydrogen (secondary N) is 2. The maximum absolute atomic E-state index is 12.2. The van der Waals surface area contributed by atoms with Crippen LogP contribution in [-0.4, -0.2) is 37.5 Å². The van der Waals surface area contributed by atoms with Crippen LogP contribution >= 0.6 is 0 Å². The van der Waals surface area contributed by atoms with Crippen LogP contribution in [0.3, 0.4) is 0 Å². The molecule has 16 heavy (non-hydrogen) atoms. The molecular formula is C11H21FN2O2. The van der Waals surface area contributed by atoms with Crippen molar-refractivity contribution >= 4 is 11.7 Å². The Morgan fingerprint density at radius 3 is 2.19 bits per heavy atom. The summed E-state index contributed by atoms with van der Waals surface area (Å²) >= 11 is 0. The van der Waals surface area contributed by atoms with E-state index < -0.39 is 18.5 Å². The molecule has 2 atom stereocenters. The van der Waals surface area contributed by atoms with Crippen molar-refractivity contribution in [1.29, 1.82) is 0 Å². The van der Waals surface area contributed by atoms with Gasteiger partial charge in [0.05, 0.1) is 12.1 Å². The molecule has 0 saturated carbocycles. The molecule has 4 nitrogen and oxygen atoms in total. The van der Waals surface area contributed by atoms with Gasteiger partial charge in [0, 0.05) is 0 Å². The quantitative estimate of drug-likeness (QED) is 0.678. The molecule has 0 aliphatic rings. The van der Waals surface area contributed by atoms with Gasteiger partial charge in [0.25, 0.3) is 0 Å². The molecule has 0 heterocycles. The Bertz CT molecular complexity index is 244. The van der Waals surface area contributed by atoms with Gasteiger partial charge < -0.3 is 10.6 Å². The van der Waals surface area contributed by atoms with E-state index in [1.807, 2.05) is 13.8 Å². The Morgan fingerprint density at radius 1 is 1.31 bits per heavy atom. The van der Waals surface area contributed by atoms with E-state index in [0.717, 1.165) is 0 Å². The molecule has 1 unspecified atom stereocenters. The summed E-state index contributed by atoms with van der Waals surface area (Å²) in [5.41, 5.74) is 0. The number of Topliss-reactive ketones (excluding diaryl/α,β-unsaturated/α-hetero) is 1. The SMILES string of the molecule is CCC(NC(=O)[C@@H](NC)C(C)C)C(=O)CF. The molecule has 0 aliphatic heterocycles. The van der Waals surface area contributed by atoms with Crippen molar-refractivity contribution < 1.29 is 14.0 Å². The molecule has 0 aromatic heterocycles. The highest BCUT2D eigenvalue weighted by Crippen LogP contribution is 2.03. The number of hydrogen-bond donors (Lipinski definition) is 2. The molecule has 0 radical (unpaired) electrons. The molecule has 0 rings (SSSR count). The normalized spacial score (nSPS) is 14.6. The number of rotatable bonds is 7. The zero-order valence-electron chi connectivity index (χ0n) is 10.3. The molecule has 1 amide bonds. The number of halogens is 1. The number of hydrogen-bond acceptors (Lipinski definition) is 3. The van der Waals surface area contributed by atoms with Crippen LogP contribution in [0.25, 0.3) is 0 Å². The molecule has 0 aromatic rings. The number of carbonyl (C=O) groups excluding carboxylic acids is 2. The van der Waals surface area contributed by atoms with Gasteiger partial charge in [-0.1, -0.05) is 20.8 Å². The highest BCUT2D eigenvalue weighted by Gasteiger charge is 2.24. The Morgan fingerprint density at radius 2 is 1.88 bits per heavy atom. The van der Waals surface area contributed by atoms with Crippen LogP contribution in [0.5, 0.6) is 0 Å². The minimum Gasteiger partial charge on any atom is -0.345 e. The molecule has 0 saturated heterocycles. The molecule has 0 aliphatic carbocycles. The third-order valence-electron chi connectivity index (χ3n) is 2.51. The smallest absolute Gasteiger partial charge is 0.237 e. The number of likely N-dealkylation sites (N-methyl/N-ethyl adjacent to an activating group) is 1. The zero-order chi connectivity index (χ0) is 12.7. The van der Waals surface area contributed by atoms with Gasteiger partial charge in [-0.2, -0.15) is 0 Å². The average molecular weight is 232 g/mol. The molecule has 2 N–H and O–H groups in total. The van der Waals surface area contributed by atoms with Gasteiger partial charge in [0.2, 0.25) is 5.91 Å². The summed E-state index contributed by atoms with van der Waals surface area (Å²) in [7, 11) is 1.68. The van der Waals surface area contributed by atoms with Gasteiger partial charge in [-0.05, 0) is 19.4 Å². The summed E-state index contributed by atoms with van der Waals surface area (Å²) in [5, 5.41) is 5.43. The first-order chi connectivity index (χ1) is 7.47. The van der Waals surface area contributed by atoms with Crippen LogP contribution < -0.4 is 10.6 Å². The molecule has 0 aromatic carbocycles. The number of alkyl halides is 1. The van der Waals surface area contributed by atoms with Gasteiger partial charge >= 0.3 is 0 Å². The topological polar surface area (TPSA) is 58.2 Å². The van der Waals surface area contributed by atoms with E-state index >= 15 is 0 Å². The lowest BCUT2D eigenvalue weighted by atomic mass is 10.0. The Kier molecular flexibility index (Phi) is 6.88. The van der Waals surface area contributed by atoms with Crippen molar-refractivity contribution in [3.8, 4) is 0 Å². The third kappa shape index (κ3) is 4.26. The Balaban J connectivity index is 4.45. The van der Waals surface area contributed by atoms with E-state index in [-0.39, 0.29) is 17.9 Å². The minimum atomic E-state index is -1.04. The standard InChI is InChI=1S/C11H21FN2O2/c1-5-8(9(15)6-12)14-11(16)10(13-4)7(2)3/h7-8,10,13H,5-6H2,1-4H3,(H,14,16)/t8?,10-/m0/s1. The van der Waals surface area contributed by atoms with E-state index in [2.05, 4.69) is 10.6 Å². The van der Waals surface area contributed by atoms with Crippen molar-refractivity contribution in [2.24, 2.45) is 5.92 Å². The van der Waals surface area contributed by atoms with Crippen LogP contribution in [0.1, 0.15) is 27.2 Å². The van der Waals surface area contributed by atoms with Crippen LogP contribution in [0.4, 0.5) is 4.39 Å². The first kappa shape index (κ1) is 15.0. The van der Waals surface area contributed by atoms with Gasteiger partial charge in [-0.25, -0.2) is 4.39 Å². The van der Waals surface area contributed by atoms with Crippen molar-refractivity contribution in [3.05, 3.63) is 0 Å². The van der Waals surface area contributed by atoms with E-state index in [9.17, 15) is 14.0 Å². The van der Waals surface area contributed by atoms with Crippen molar-refractivity contribution in [2.75, 3.05) is 13.7 Å². The van der Waals surface area contributed by atoms with Crippen LogP contribution in [0.2, 0.25) is 0 Å². The maximum atomic E-state index is 12.2. The monoisotopic (exact) mass is 232 g/mol. The van der Waals surface area contributed by atoms with Crippen LogP contribution in [0, 0.1) is 5.92 Å². The second-order valence-corrected chi connectivity index (χ2v) is 4.08. The summed E-state index contributed by atoms with van der Waals surface area (Å²) < 4.78 is 12.2. The molecule has 0 fully saturated rings. The summed E-state index contributed by atoms with van der Waals surface area (Å²) in [6, 6.07) is -1.08. The lowest BCUT2D eigenvalue weighted by Crippen LogP contribution is -2.51. The van der Waals surface area contributed by atoms with Gasteiger partial charge in [0.15, 0.2) is 5.78 Å². The number of ketones is 1. The summed E-state index contributed by atoms with van der Waals surface area (Å²) in [4.78, 5) is 22.9. The highest BCUT2D eigenvalue weighted by molar-refractivity contribution is 5.91. The fraction of sp³-hybridized carbons (Fsp3) is 0.818. The lowest BCUT2D eigenvalue weighted by molar-refractivity contribution is -0.130. The Hall–Kier alpha value is -0.970. The van der Waals surface area contributed by atoms with Gasteiger partial charge in [0.1, 0.15) is 6.67 Å². The second kappa shape index (κ2) is 7.33. The van der Waals surface area contributed by atoms with E-state index in [0.29, 0.717) is 6.42 Å². The lowest BCUT2D eigenvalue weighted by Gasteiger charge is -2.22. The molecule has 0 bridgehead atoms. The first-order valence-corrected chi connectivity index (χ1v) is 5.54. The zero-order valence-corrected chi connectivity index (χ0v) is 10.3.